The van der Waals surface area contributed by atoms with Crippen LogP contribution >= 0.6 is 24.0 Å². The molecule has 0 fully saturated rings. The molecule has 0 atom stereocenters. The van der Waals surface area contributed by atoms with Crippen LogP contribution in [0.3, 0.4) is 0 Å². The zero-order valence-electron chi connectivity index (χ0n) is 19.4. The topological polar surface area (TPSA) is 107 Å². The van der Waals surface area contributed by atoms with E-state index in [9.17, 15) is 0 Å². The summed E-state index contributed by atoms with van der Waals surface area (Å²) in [6, 6.07) is 17.8. The van der Waals surface area contributed by atoms with Gasteiger partial charge in [0.15, 0.2) is 11.8 Å². The number of aliphatic imine (C=N–C) groups is 1. The molecular weight excluding hydrogens is 543 g/mol. The third-order valence-electron chi connectivity index (χ3n) is 5.06. The largest absolute Gasteiger partial charge is 0.497 e. The molecule has 178 valence electrons. The molecule has 0 amide bonds. The molecule has 0 unspecified atom stereocenters. The molecular formula is C24H29IN8O. The Morgan fingerprint density at radius 3 is 2.53 bits per heavy atom. The average molecular weight is 572 g/mol. The minimum atomic E-state index is 0. The third-order valence-corrected chi connectivity index (χ3v) is 5.06. The highest BCUT2D eigenvalue weighted by molar-refractivity contribution is 14.0. The van der Waals surface area contributed by atoms with Gasteiger partial charge in [-0.25, -0.2) is 15.0 Å². The molecule has 4 aromatic rings. The minimum Gasteiger partial charge on any atom is -0.497 e. The molecule has 10 heteroatoms. The fraction of sp³-hybridized carbons (Fsp3) is 0.250. The van der Waals surface area contributed by atoms with Crippen molar-refractivity contribution in [3.63, 3.8) is 0 Å². The van der Waals surface area contributed by atoms with E-state index in [1.54, 1.807) is 7.11 Å². The molecule has 9 nitrogen and oxygen atoms in total. The van der Waals surface area contributed by atoms with Crippen molar-refractivity contribution in [2.75, 3.05) is 20.7 Å². The molecule has 0 bridgehead atoms. The highest BCUT2D eigenvalue weighted by atomic mass is 127. The molecule has 2 heterocycles. The number of guanidine groups is 1. The maximum atomic E-state index is 5.20. The summed E-state index contributed by atoms with van der Waals surface area (Å²) in [7, 11) is 3.63. The second kappa shape index (κ2) is 12.2. The highest BCUT2D eigenvalue weighted by Gasteiger charge is 2.11. The van der Waals surface area contributed by atoms with Crippen LogP contribution in [0.5, 0.6) is 5.75 Å². The molecule has 34 heavy (non-hydrogen) atoms. The Labute approximate surface area is 216 Å². The monoisotopic (exact) mass is 572 g/mol. The van der Waals surface area contributed by atoms with Crippen LogP contribution in [0.1, 0.15) is 18.6 Å². The van der Waals surface area contributed by atoms with Gasteiger partial charge in [0.1, 0.15) is 23.9 Å². The fourth-order valence-electron chi connectivity index (χ4n) is 3.36. The standard InChI is InChI=1S/C24H28N8O.HI/c1-4-25-24(32(2)16-22-26-14-20(28-22)17-8-6-5-7-9-17)27-15-21-29-23(31-30-21)18-10-12-19(33-3)13-11-18;/h5-14H,4,15-16H2,1-3H3,(H,25,27)(H,26,28)(H,29,30,31);1H. The number of hydrogen-bond donors (Lipinski definition) is 3. The Bertz CT molecular complexity index is 1190. The van der Waals surface area contributed by atoms with E-state index in [0.717, 1.165) is 40.9 Å². The Morgan fingerprint density at radius 1 is 1.06 bits per heavy atom. The highest BCUT2D eigenvalue weighted by Crippen LogP contribution is 2.19. The predicted molar refractivity (Wildman–Crippen MR) is 144 cm³/mol. The van der Waals surface area contributed by atoms with E-state index in [4.69, 9.17) is 9.73 Å². The van der Waals surface area contributed by atoms with Gasteiger partial charge in [-0.2, -0.15) is 5.10 Å². The molecule has 0 aliphatic carbocycles. The molecule has 0 saturated heterocycles. The van der Waals surface area contributed by atoms with Gasteiger partial charge in [-0.05, 0) is 36.8 Å². The van der Waals surface area contributed by atoms with E-state index in [0.29, 0.717) is 24.7 Å². The number of aromatic amines is 2. The first-order chi connectivity index (χ1) is 16.2. The van der Waals surface area contributed by atoms with Crippen molar-refractivity contribution in [3.05, 3.63) is 72.4 Å². The van der Waals surface area contributed by atoms with Gasteiger partial charge < -0.3 is 19.9 Å². The summed E-state index contributed by atoms with van der Waals surface area (Å²) in [5.74, 6) is 3.74. The summed E-state index contributed by atoms with van der Waals surface area (Å²) >= 11 is 0. The normalized spacial score (nSPS) is 11.1. The first-order valence-corrected chi connectivity index (χ1v) is 10.8. The first-order valence-electron chi connectivity index (χ1n) is 10.8. The van der Waals surface area contributed by atoms with E-state index in [-0.39, 0.29) is 24.0 Å². The lowest BCUT2D eigenvalue weighted by molar-refractivity contribution is 0.415. The van der Waals surface area contributed by atoms with Crippen LogP contribution in [0.4, 0.5) is 0 Å². The summed E-state index contributed by atoms with van der Waals surface area (Å²) in [5.41, 5.74) is 3.02. The van der Waals surface area contributed by atoms with Crippen molar-refractivity contribution in [1.29, 1.82) is 0 Å². The number of rotatable bonds is 8. The number of H-pyrrole nitrogens is 2. The van der Waals surface area contributed by atoms with E-state index in [2.05, 4.69) is 42.6 Å². The number of aromatic nitrogens is 5. The number of nitrogens with zero attached hydrogens (tertiary/aromatic N) is 5. The Kier molecular flexibility index (Phi) is 9.02. The van der Waals surface area contributed by atoms with Crippen LogP contribution in [-0.4, -0.2) is 56.7 Å². The number of methoxy groups -OCH3 is 1. The Balaban J connectivity index is 0.00000324. The van der Waals surface area contributed by atoms with Gasteiger partial charge in [0.05, 0.1) is 25.5 Å². The van der Waals surface area contributed by atoms with Crippen molar-refractivity contribution in [1.82, 2.24) is 35.4 Å². The molecule has 2 aromatic heterocycles. The van der Waals surface area contributed by atoms with Crippen LogP contribution in [0.15, 0.2) is 65.8 Å². The maximum Gasteiger partial charge on any atom is 0.194 e. The quantitative estimate of drug-likeness (QED) is 0.167. The zero-order chi connectivity index (χ0) is 23.0. The summed E-state index contributed by atoms with van der Waals surface area (Å²) < 4.78 is 5.20. The molecule has 4 rings (SSSR count). The first kappa shape index (κ1) is 25.2. The molecule has 2 aromatic carbocycles. The lowest BCUT2D eigenvalue weighted by Gasteiger charge is -2.20. The maximum absolute atomic E-state index is 5.20. The van der Waals surface area contributed by atoms with Crippen LogP contribution in [0.2, 0.25) is 0 Å². The molecule has 0 aliphatic heterocycles. The van der Waals surface area contributed by atoms with Gasteiger partial charge in [0, 0.05) is 19.2 Å². The SMILES string of the molecule is CCNC(=NCc1nc(-c2ccc(OC)cc2)n[nH]1)N(C)Cc1ncc(-c2ccccc2)[nH]1.I. The zero-order valence-corrected chi connectivity index (χ0v) is 21.8. The summed E-state index contributed by atoms with van der Waals surface area (Å²) in [6.45, 7) is 3.76. The van der Waals surface area contributed by atoms with Gasteiger partial charge in [-0.1, -0.05) is 30.3 Å². The van der Waals surface area contributed by atoms with Crippen molar-refractivity contribution in [2.45, 2.75) is 20.0 Å². The van der Waals surface area contributed by atoms with Gasteiger partial charge in [-0.3, -0.25) is 5.10 Å². The smallest absolute Gasteiger partial charge is 0.194 e. The van der Waals surface area contributed by atoms with E-state index < -0.39 is 0 Å². The number of ether oxygens (including phenoxy) is 1. The lowest BCUT2D eigenvalue weighted by Crippen LogP contribution is -2.38. The van der Waals surface area contributed by atoms with Crippen LogP contribution in [-0.2, 0) is 13.1 Å². The number of imidazole rings is 1. The molecule has 0 aliphatic rings. The minimum absolute atomic E-state index is 0. The van der Waals surface area contributed by atoms with Crippen molar-refractivity contribution < 1.29 is 4.74 Å². The predicted octanol–water partition coefficient (Wildman–Crippen LogP) is 4.09. The number of nitrogens with one attached hydrogen (secondary N) is 3. The van der Waals surface area contributed by atoms with E-state index >= 15 is 0 Å². The van der Waals surface area contributed by atoms with Crippen LogP contribution < -0.4 is 10.1 Å². The lowest BCUT2D eigenvalue weighted by atomic mass is 10.2. The van der Waals surface area contributed by atoms with Crippen molar-refractivity contribution >= 4 is 29.9 Å². The Morgan fingerprint density at radius 2 is 1.82 bits per heavy atom. The van der Waals surface area contributed by atoms with Gasteiger partial charge in [0.2, 0.25) is 0 Å². The molecule has 0 spiro atoms. The van der Waals surface area contributed by atoms with Crippen molar-refractivity contribution in [3.8, 4) is 28.4 Å². The second-order valence-electron chi connectivity index (χ2n) is 7.47. The molecule has 0 radical (unpaired) electrons. The summed E-state index contributed by atoms with van der Waals surface area (Å²) in [6.07, 6.45) is 1.86. The van der Waals surface area contributed by atoms with E-state index in [1.165, 1.54) is 0 Å². The van der Waals surface area contributed by atoms with Gasteiger partial charge >= 0.3 is 0 Å². The van der Waals surface area contributed by atoms with Crippen molar-refractivity contribution in [2.24, 2.45) is 4.99 Å². The number of benzene rings is 2. The average Bonchev–Trinajstić information content (AvgIpc) is 3.52. The number of hydrogen-bond acceptors (Lipinski definition) is 5. The summed E-state index contributed by atoms with van der Waals surface area (Å²) in [4.78, 5) is 19.2. The van der Waals surface area contributed by atoms with Gasteiger partial charge in [0.25, 0.3) is 0 Å². The van der Waals surface area contributed by atoms with E-state index in [1.807, 2.05) is 67.5 Å². The second-order valence-corrected chi connectivity index (χ2v) is 7.47. The van der Waals surface area contributed by atoms with Gasteiger partial charge in [-0.15, -0.1) is 24.0 Å². The molecule has 0 saturated carbocycles. The summed E-state index contributed by atoms with van der Waals surface area (Å²) in [5, 5.41) is 10.6. The van der Waals surface area contributed by atoms with Crippen LogP contribution in [0, 0.1) is 0 Å². The number of halogens is 1. The third kappa shape index (κ3) is 6.34. The van der Waals surface area contributed by atoms with Crippen LogP contribution in [0.25, 0.3) is 22.6 Å². The fourth-order valence-corrected chi connectivity index (χ4v) is 3.36. The Hall–Kier alpha value is -3.41. The molecule has 3 N–H and O–H groups in total.